The molecule has 3 rings (SSSR count). The third kappa shape index (κ3) is 6.16. The van der Waals surface area contributed by atoms with Gasteiger partial charge in [0.15, 0.2) is 0 Å². The standard InChI is InChI=1S/C23H24N4O5S/c1-31-15-27(14-16-5-4-6-18(13-16)22(24)25)23(28)32-19-11-9-17(10-12-19)20-7-2-3-8-21(20)33(26,29)30/h2-13H,14-15H2,1H3,(H3,24,25)(H2,26,29,30). The number of primary sulfonamides is 1. The largest absolute Gasteiger partial charge is 0.417 e. The second-order valence-electron chi connectivity index (χ2n) is 7.16. The Morgan fingerprint density at radius 1 is 1.03 bits per heavy atom. The minimum atomic E-state index is -3.89. The number of hydrogen-bond acceptors (Lipinski definition) is 6. The topological polar surface area (TPSA) is 149 Å². The van der Waals surface area contributed by atoms with Crippen molar-refractivity contribution in [3.8, 4) is 16.9 Å². The van der Waals surface area contributed by atoms with Crippen LogP contribution >= 0.6 is 0 Å². The molecule has 0 heterocycles. The van der Waals surface area contributed by atoms with Crippen molar-refractivity contribution in [2.24, 2.45) is 10.9 Å². The molecule has 0 aliphatic carbocycles. The van der Waals surface area contributed by atoms with Crippen LogP contribution < -0.4 is 15.6 Å². The van der Waals surface area contributed by atoms with Gasteiger partial charge < -0.3 is 15.2 Å². The first-order chi connectivity index (χ1) is 15.7. The van der Waals surface area contributed by atoms with Crippen LogP contribution in [0.1, 0.15) is 11.1 Å². The number of amides is 1. The molecule has 0 spiro atoms. The highest BCUT2D eigenvalue weighted by Gasteiger charge is 2.18. The van der Waals surface area contributed by atoms with E-state index >= 15 is 0 Å². The van der Waals surface area contributed by atoms with Crippen molar-refractivity contribution in [1.82, 2.24) is 4.90 Å². The van der Waals surface area contributed by atoms with Gasteiger partial charge in [0.05, 0.1) is 11.4 Å². The van der Waals surface area contributed by atoms with Crippen molar-refractivity contribution in [3.05, 3.63) is 83.9 Å². The average Bonchev–Trinajstić information content (AvgIpc) is 2.79. The molecule has 0 saturated carbocycles. The van der Waals surface area contributed by atoms with Crippen LogP contribution in [0.5, 0.6) is 5.75 Å². The number of carbonyl (C=O) groups excluding carboxylic acids is 1. The molecule has 0 radical (unpaired) electrons. The Morgan fingerprint density at radius 3 is 2.36 bits per heavy atom. The predicted octanol–water partition coefficient (Wildman–Crippen LogP) is 2.89. The number of nitrogen functional groups attached to an aromatic ring is 1. The Labute approximate surface area is 192 Å². The lowest BCUT2D eigenvalue weighted by molar-refractivity contribution is 0.0593. The summed E-state index contributed by atoms with van der Waals surface area (Å²) in [7, 11) is -2.43. The number of benzene rings is 3. The SMILES string of the molecule is COCN(Cc1cccc(C(=N)N)c1)C(=O)Oc1ccc(-c2ccccc2S(N)(=O)=O)cc1. The van der Waals surface area contributed by atoms with E-state index in [2.05, 4.69) is 0 Å². The molecule has 0 fully saturated rings. The quantitative estimate of drug-likeness (QED) is 0.263. The van der Waals surface area contributed by atoms with Gasteiger partial charge in [-0.2, -0.15) is 0 Å². The molecule has 1 amide bonds. The van der Waals surface area contributed by atoms with Gasteiger partial charge >= 0.3 is 6.09 Å². The molecule has 0 unspecified atom stereocenters. The molecule has 0 atom stereocenters. The number of carbonyl (C=O) groups is 1. The Kier molecular flexibility index (Phi) is 7.44. The van der Waals surface area contributed by atoms with Crippen molar-refractivity contribution in [3.63, 3.8) is 0 Å². The van der Waals surface area contributed by atoms with Gasteiger partial charge in [0, 0.05) is 18.2 Å². The molecule has 0 aliphatic rings. The summed E-state index contributed by atoms with van der Waals surface area (Å²) in [6.45, 7) is 0.177. The second-order valence-corrected chi connectivity index (χ2v) is 8.69. The first-order valence-corrected chi connectivity index (χ1v) is 11.3. The molecule has 0 bridgehead atoms. The Balaban J connectivity index is 1.76. The number of nitrogens with one attached hydrogen (secondary N) is 1. The highest BCUT2D eigenvalue weighted by molar-refractivity contribution is 7.89. The molecule has 0 aliphatic heterocycles. The van der Waals surface area contributed by atoms with Gasteiger partial charge in [0.25, 0.3) is 0 Å². The second kappa shape index (κ2) is 10.3. The molecule has 0 aromatic heterocycles. The zero-order valence-corrected chi connectivity index (χ0v) is 18.7. The normalized spacial score (nSPS) is 11.1. The highest BCUT2D eigenvalue weighted by Crippen LogP contribution is 2.28. The third-order valence-corrected chi connectivity index (χ3v) is 5.69. The summed E-state index contributed by atoms with van der Waals surface area (Å²) in [5.74, 6) is 0.206. The number of nitrogens with two attached hydrogens (primary N) is 2. The zero-order valence-electron chi connectivity index (χ0n) is 17.9. The van der Waals surface area contributed by atoms with Gasteiger partial charge in [-0.25, -0.2) is 18.4 Å². The predicted molar refractivity (Wildman–Crippen MR) is 124 cm³/mol. The van der Waals surface area contributed by atoms with E-state index in [1.54, 1.807) is 66.7 Å². The number of nitrogens with zero attached hydrogens (tertiary/aromatic N) is 1. The third-order valence-electron chi connectivity index (χ3n) is 4.72. The minimum absolute atomic E-state index is 0.00815. The molecule has 0 saturated heterocycles. The Bertz CT molecular complexity index is 1260. The van der Waals surface area contributed by atoms with Crippen molar-refractivity contribution in [2.45, 2.75) is 11.4 Å². The van der Waals surface area contributed by atoms with Crippen LogP contribution in [0.15, 0.2) is 77.7 Å². The van der Waals surface area contributed by atoms with E-state index in [-0.39, 0.29) is 29.8 Å². The lowest BCUT2D eigenvalue weighted by Gasteiger charge is -2.21. The number of sulfonamides is 1. The van der Waals surface area contributed by atoms with Gasteiger partial charge in [-0.3, -0.25) is 10.3 Å². The fraction of sp³-hybridized carbons (Fsp3) is 0.130. The number of ether oxygens (including phenoxy) is 2. The molecule has 33 heavy (non-hydrogen) atoms. The summed E-state index contributed by atoms with van der Waals surface area (Å²) < 4.78 is 34.3. The Hall–Kier alpha value is -3.73. The van der Waals surface area contributed by atoms with Crippen LogP contribution in [-0.4, -0.2) is 39.1 Å². The molecule has 172 valence electrons. The van der Waals surface area contributed by atoms with E-state index in [4.69, 9.17) is 25.8 Å². The molecule has 9 nitrogen and oxygen atoms in total. The number of amidine groups is 1. The van der Waals surface area contributed by atoms with Gasteiger partial charge in [0.1, 0.15) is 18.3 Å². The van der Waals surface area contributed by atoms with E-state index < -0.39 is 16.1 Å². The van der Waals surface area contributed by atoms with Crippen molar-refractivity contribution >= 4 is 22.0 Å². The first kappa shape index (κ1) is 23.9. The Morgan fingerprint density at radius 2 is 1.73 bits per heavy atom. The lowest BCUT2D eigenvalue weighted by atomic mass is 10.1. The molecular weight excluding hydrogens is 444 g/mol. The summed E-state index contributed by atoms with van der Waals surface area (Å²) in [4.78, 5) is 14.1. The fourth-order valence-electron chi connectivity index (χ4n) is 3.20. The van der Waals surface area contributed by atoms with Gasteiger partial charge in [-0.05, 0) is 35.4 Å². The van der Waals surface area contributed by atoms with Gasteiger partial charge in [-0.1, -0.05) is 48.5 Å². The summed E-state index contributed by atoms with van der Waals surface area (Å²) in [5, 5.41) is 12.9. The van der Waals surface area contributed by atoms with Gasteiger partial charge in [0.2, 0.25) is 10.0 Å². The van der Waals surface area contributed by atoms with Crippen LogP contribution in [0.2, 0.25) is 0 Å². The van der Waals surface area contributed by atoms with Crippen LogP contribution in [0.25, 0.3) is 11.1 Å². The molecule has 10 heteroatoms. The van der Waals surface area contributed by atoms with Crippen molar-refractivity contribution < 1.29 is 22.7 Å². The fourth-order valence-corrected chi connectivity index (χ4v) is 3.96. The zero-order chi connectivity index (χ0) is 24.0. The highest BCUT2D eigenvalue weighted by atomic mass is 32.2. The lowest BCUT2D eigenvalue weighted by Crippen LogP contribution is -2.34. The monoisotopic (exact) mass is 468 g/mol. The van der Waals surface area contributed by atoms with Gasteiger partial charge in [-0.15, -0.1) is 0 Å². The van der Waals surface area contributed by atoms with E-state index in [1.807, 2.05) is 0 Å². The average molecular weight is 469 g/mol. The smallest absolute Gasteiger partial charge is 0.410 e. The van der Waals surface area contributed by atoms with Crippen molar-refractivity contribution in [2.75, 3.05) is 13.8 Å². The van der Waals surface area contributed by atoms with E-state index in [0.29, 0.717) is 16.7 Å². The molecular formula is C23H24N4O5S. The maximum absolute atomic E-state index is 12.7. The first-order valence-electron chi connectivity index (χ1n) is 9.80. The summed E-state index contributed by atoms with van der Waals surface area (Å²) in [5.41, 5.74) is 7.89. The van der Waals surface area contributed by atoms with Crippen LogP contribution in [-0.2, 0) is 21.3 Å². The van der Waals surface area contributed by atoms with E-state index in [1.165, 1.54) is 18.1 Å². The molecule has 5 N–H and O–H groups in total. The van der Waals surface area contributed by atoms with Crippen LogP contribution in [0, 0.1) is 5.41 Å². The molecule has 3 aromatic rings. The van der Waals surface area contributed by atoms with E-state index in [9.17, 15) is 13.2 Å². The number of methoxy groups -OCH3 is 1. The van der Waals surface area contributed by atoms with Crippen LogP contribution in [0.3, 0.4) is 0 Å². The summed E-state index contributed by atoms with van der Waals surface area (Å²) in [6, 6.07) is 19.8. The maximum Gasteiger partial charge on any atom is 0.417 e. The number of hydrogen-bond donors (Lipinski definition) is 3. The van der Waals surface area contributed by atoms with Crippen LogP contribution in [0.4, 0.5) is 4.79 Å². The summed E-state index contributed by atoms with van der Waals surface area (Å²) in [6.07, 6.45) is -0.636. The molecule has 3 aromatic carbocycles. The maximum atomic E-state index is 12.7. The minimum Gasteiger partial charge on any atom is -0.410 e. The summed E-state index contributed by atoms with van der Waals surface area (Å²) >= 11 is 0. The van der Waals surface area contributed by atoms with E-state index in [0.717, 1.165) is 5.56 Å². The van der Waals surface area contributed by atoms with Crippen molar-refractivity contribution in [1.29, 1.82) is 5.41 Å². The number of rotatable bonds is 8.